The maximum atomic E-state index is 11.1. The Balaban J connectivity index is 1.93. The number of aryl methyl sites for hydroxylation is 1. The minimum atomic E-state index is -0.177. The number of hydrogen-bond acceptors (Lipinski definition) is 2. The Kier molecular flexibility index (Phi) is 4.33. The van der Waals surface area contributed by atoms with Gasteiger partial charge in [-0.3, -0.25) is 0 Å². The molecule has 0 saturated heterocycles. The number of nitrogens with zero attached hydrogens (tertiary/aromatic N) is 2. The minimum absolute atomic E-state index is 0.0820. The van der Waals surface area contributed by atoms with Gasteiger partial charge in [-0.2, -0.15) is 4.58 Å². The van der Waals surface area contributed by atoms with E-state index >= 15 is 0 Å². The molecule has 1 aliphatic rings. The quantitative estimate of drug-likeness (QED) is 0.633. The van der Waals surface area contributed by atoms with E-state index in [2.05, 4.69) is 49.6 Å². The van der Waals surface area contributed by atoms with E-state index in [9.17, 15) is 10.0 Å². The maximum absolute atomic E-state index is 11.1. The van der Waals surface area contributed by atoms with Crippen molar-refractivity contribution in [2.75, 3.05) is 6.54 Å². The van der Waals surface area contributed by atoms with Gasteiger partial charge in [-0.05, 0) is 33.3 Å². The summed E-state index contributed by atoms with van der Waals surface area (Å²) in [5, 5.41) is 19.2. The first-order valence-electron chi connectivity index (χ1n) is 8.57. The van der Waals surface area contributed by atoms with Gasteiger partial charge in [0.05, 0.1) is 10.3 Å². The summed E-state index contributed by atoms with van der Waals surface area (Å²) >= 11 is 0. The second-order valence-electron chi connectivity index (χ2n) is 6.92. The summed E-state index contributed by atoms with van der Waals surface area (Å²) in [6, 6.07) is 12.8. The standard InChI is InChI=1S/C20H23N2O3/c1-4-21-17-8-6-5-7-16(17)20(2,3)19(21)12-9-14-13-15(22(24)25)10-11-18(14)23/h5-8,10-11,13H,4,9,12H2,1-3H3,(H-,23,24,25)/q+1/p+1. The van der Waals surface area contributed by atoms with E-state index < -0.39 is 0 Å². The third-order valence-electron chi connectivity index (χ3n) is 5.15. The molecule has 0 unspecified atom stereocenters. The van der Waals surface area contributed by atoms with E-state index in [4.69, 9.17) is 5.21 Å². The van der Waals surface area contributed by atoms with Crippen LogP contribution in [0.25, 0.3) is 0 Å². The van der Waals surface area contributed by atoms with Crippen molar-refractivity contribution in [3.63, 3.8) is 0 Å². The molecule has 25 heavy (non-hydrogen) atoms. The molecule has 0 spiro atoms. The minimum Gasteiger partial charge on any atom is -0.508 e. The summed E-state index contributed by atoms with van der Waals surface area (Å²) in [7, 11) is 0. The molecular formula is C20H24N2O3+2. The lowest BCUT2D eigenvalue weighted by atomic mass is 9.79. The van der Waals surface area contributed by atoms with Crippen LogP contribution in [-0.4, -0.2) is 32.1 Å². The fraction of sp³-hybridized carbons (Fsp3) is 0.350. The molecule has 0 saturated carbocycles. The average molecular weight is 340 g/mol. The Morgan fingerprint density at radius 1 is 1.12 bits per heavy atom. The van der Waals surface area contributed by atoms with Crippen molar-refractivity contribution in [3.05, 3.63) is 58.5 Å². The zero-order valence-corrected chi connectivity index (χ0v) is 14.9. The first kappa shape index (κ1) is 17.1. The van der Waals surface area contributed by atoms with Crippen molar-refractivity contribution in [2.24, 2.45) is 0 Å². The number of rotatable bonds is 5. The van der Waals surface area contributed by atoms with Crippen LogP contribution in [0.15, 0.2) is 42.5 Å². The molecular weight excluding hydrogens is 316 g/mol. The number of para-hydroxylation sites is 1. The second-order valence-corrected chi connectivity index (χ2v) is 6.92. The van der Waals surface area contributed by atoms with E-state index in [-0.39, 0.29) is 21.8 Å². The third-order valence-corrected chi connectivity index (χ3v) is 5.15. The summed E-state index contributed by atoms with van der Waals surface area (Å²) < 4.78 is 2.34. The summed E-state index contributed by atoms with van der Waals surface area (Å²) in [5.74, 6) is 0.141. The fourth-order valence-corrected chi connectivity index (χ4v) is 3.83. The number of phenols is 1. The number of hydrogen-bond donors (Lipinski definition) is 2. The highest BCUT2D eigenvalue weighted by molar-refractivity contribution is 5.95. The lowest BCUT2D eigenvalue weighted by Crippen LogP contribution is -2.29. The average Bonchev–Trinajstić information content (AvgIpc) is 2.81. The molecule has 0 radical (unpaired) electrons. The van der Waals surface area contributed by atoms with Crippen molar-refractivity contribution in [1.29, 1.82) is 0 Å². The topological polar surface area (TPSA) is 63.5 Å². The SMILES string of the molecule is CC[N+]1=C(CCc2cc([N+](=O)O)ccc2O)C(C)(C)c2ccccc21. The Hall–Kier alpha value is -2.69. The molecule has 2 N–H and O–H groups in total. The third kappa shape index (κ3) is 2.90. The van der Waals surface area contributed by atoms with Crippen molar-refractivity contribution < 1.29 is 19.8 Å². The van der Waals surface area contributed by atoms with Gasteiger partial charge < -0.3 is 5.11 Å². The van der Waals surface area contributed by atoms with E-state index in [1.165, 1.54) is 35.2 Å². The molecule has 5 heteroatoms. The predicted octanol–water partition coefficient (Wildman–Crippen LogP) is 4.22. The summed E-state index contributed by atoms with van der Waals surface area (Å²) in [6.45, 7) is 7.46. The highest BCUT2D eigenvalue weighted by atomic mass is 16.6. The molecule has 3 rings (SSSR count). The molecule has 2 aromatic carbocycles. The van der Waals surface area contributed by atoms with Gasteiger partial charge in [-0.15, -0.1) is 0 Å². The van der Waals surface area contributed by atoms with Crippen LogP contribution >= 0.6 is 0 Å². The highest BCUT2D eigenvalue weighted by Gasteiger charge is 2.44. The largest absolute Gasteiger partial charge is 0.508 e. The Morgan fingerprint density at radius 2 is 1.84 bits per heavy atom. The molecule has 0 atom stereocenters. The normalized spacial score (nSPS) is 15.3. The van der Waals surface area contributed by atoms with Gasteiger partial charge in [0.15, 0.2) is 5.71 Å². The van der Waals surface area contributed by atoms with Crippen LogP contribution in [0.3, 0.4) is 0 Å². The van der Waals surface area contributed by atoms with Crippen molar-refractivity contribution in [3.8, 4) is 5.75 Å². The lowest BCUT2D eigenvalue weighted by Gasteiger charge is -2.17. The van der Waals surface area contributed by atoms with Crippen LogP contribution in [0.5, 0.6) is 5.75 Å². The van der Waals surface area contributed by atoms with Crippen LogP contribution in [0.4, 0.5) is 11.4 Å². The summed E-state index contributed by atoms with van der Waals surface area (Å²) in [4.78, 5) is 10.9. The molecule has 0 amide bonds. The van der Waals surface area contributed by atoms with Gasteiger partial charge in [-0.25, -0.2) is 5.21 Å². The second kappa shape index (κ2) is 6.31. The van der Waals surface area contributed by atoms with Gasteiger partial charge in [0.2, 0.25) is 5.69 Å². The van der Waals surface area contributed by atoms with E-state index in [0.717, 1.165) is 13.0 Å². The predicted molar refractivity (Wildman–Crippen MR) is 96.4 cm³/mol. The van der Waals surface area contributed by atoms with Crippen LogP contribution in [0.1, 0.15) is 38.3 Å². The number of aromatic hydroxyl groups is 1. The highest BCUT2D eigenvalue weighted by Crippen LogP contribution is 2.40. The molecule has 0 bridgehead atoms. The zero-order valence-electron chi connectivity index (χ0n) is 14.9. The summed E-state index contributed by atoms with van der Waals surface area (Å²) in [5.41, 5.74) is 4.54. The van der Waals surface area contributed by atoms with E-state index in [1.807, 2.05) is 0 Å². The van der Waals surface area contributed by atoms with Crippen LogP contribution < -0.4 is 0 Å². The first-order valence-corrected chi connectivity index (χ1v) is 8.57. The smallest absolute Gasteiger partial charge is 0.317 e. The van der Waals surface area contributed by atoms with Crippen molar-refractivity contribution >= 4 is 17.1 Å². The Morgan fingerprint density at radius 3 is 2.52 bits per heavy atom. The van der Waals surface area contributed by atoms with Crippen molar-refractivity contribution in [1.82, 2.24) is 0 Å². The molecule has 1 heterocycles. The monoisotopic (exact) mass is 340 g/mol. The molecule has 1 aliphatic heterocycles. The summed E-state index contributed by atoms with van der Waals surface area (Å²) in [6.07, 6.45) is 1.35. The van der Waals surface area contributed by atoms with E-state index in [0.29, 0.717) is 12.0 Å². The van der Waals surface area contributed by atoms with Crippen LogP contribution in [0.2, 0.25) is 0 Å². The first-order chi connectivity index (χ1) is 11.9. The maximum Gasteiger partial charge on any atom is 0.317 e. The molecule has 130 valence electrons. The van der Waals surface area contributed by atoms with Crippen molar-refractivity contribution in [2.45, 2.75) is 39.0 Å². The van der Waals surface area contributed by atoms with Gasteiger partial charge in [-0.1, -0.05) is 18.2 Å². The lowest BCUT2D eigenvalue weighted by molar-refractivity contribution is -0.729. The van der Waals surface area contributed by atoms with Gasteiger partial charge in [0.25, 0.3) is 4.92 Å². The number of fused-ring (bicyclic) bond motifs is 1. The van der Waals surface area contributed by atoms with Crippen LogP contribution in [0, 0.1) is 4.91 Å². The van der Waals surface area contributed by atoms with Gasteiger partial charge in [0.1, 0.15) is 12.3 Å². The Bertz CT molecular complexity index is 869. The Labute approximate surface area is 147 Å². The molecule has 0 aromatic heterocycles. The van der Waals surface area contributed by atoms with Gasteiger partial charge >= 0.3 is 5.69 Å². The number of phenolic OH excluding ortho intramolecular Hbond substituents is 1. The number of benzene rings is 2. The van der Waals surface area contributed by atoms with E-state index in [1.54, 1.807) is 0 Å². The molecule has 0 aliphatic carbocycles. The molecule has 2 aromatic rings. The molecule has 5 nitrogen and oxygen atoms in total. The molecule has 0 fully saturated rings. The zero-order chi connectivity index (χ0) is 18.2. The van der Waals surface area contributed by atoms with Gasteiger partial charge in [0, 0.05) is 35.7 Å². The fourth-order valence-electron chi connectivity index (χ4n) is 3.83. The van der Waals surface area contributed by atoms with Crippen LogP contribution in [-0.2, 0) is 11.8 Å².